The lowest BCUT2D eigenvalue weighted by molar-refractivity contribution is 0.629. The molecule has 0 radical (unpaired) electrons. The molecule has 0 atom stereocenters. The second-order valence-corrected chi connectivity index (χ2v) is 6.23. The van der Waals surface area contributed by atoms with E-state index in [2.05, 4.69) is 36.7 Å². The van der Waals surface area contributed by atoms with Crippen molar-refractivity contribution in [3.05, 3.63) is 34.5 Å². The van der Waals surface area contributed by atoms with Gasteiger partial charge in [-0.15, -0.1) is 0 Å². The topological polar surface area (TPSA) is 58.0 Å². The van der Waals surface area contributed by atoms with Crippen LogP contribution in [0.3, 0.4) is 0 Å². The van der Waals surface area contributed by atoms with Crippen LogP contribution in [-0.2, 0) is 0 Å². The molecule has 0 aliphatic carbocycles. The van der Waals surface area contributed by atoms with Gasteiger partial charge in [0.05, 0.1) is 0 Å². The molecule has 0 saturated carbocycles. The smallest absolute Gasteiger partial charge is 0.225 e. The van der Waals surface area contributed by atoms with Crippen molar-refractivity contribution in [3.63, 3.8) is 0 Å². The first kappa shape index (κ1) is 15.6. The van der Waals surface area contributed by atoms with Crippen LogP contribution in [0.4, 0.5) is 11.8 Å². The summed E-state index contributed by atoms with van der Waals surface area (Å²) < 4.78 is 0. The highest BCUT2D eigenvalue weighted by Crippen LogP contribution is 2.22. The van der Waals surface area contributed by atoms with Crippen molar-refractivity contribution in [3.8, 4) is 0 Å². The third-order valence-corrected chi connectivity index (χ3v) is 4.31. The van der Waals surface area contributed by atoms with Gasteiger partial charge in [0, 0.05) is 48.8 Å². The minimum atomic E-state index is 0.836. The van der Waals surface area contributed by atoms with E-state index in [0.29, 0.717) is 0 Å². The van der Waals surface area contributed by atoms with Crippen LogP contribution in [0.5, 0.6) is 0 Å². The van der Waals surface area contributed by atoms with E-state index in [9.17, 15) is 0 Å². The maximum Gasteiger partial charge on any atom is 0.225 e. The van der Waals surface area contributed by atoms with Crippen molar-refractivity contribution in [2.24, 2.45) is 0 Å². The van der Waals surface area contributed by atoms with Gasteiger partial charge < -0.3 is 9.80 Å². The summed E-state index contributed by atoms with van der Waals surface area (Å²) in [5.41, 5.74) is 4.28. The van der Waals surface area contributed by atoms with Crippen molar-refractivity contribution in [2.75, 3.05) is 36.0 Å². The number of nitrogens with zero attached hydrogens (tertiary/aromatic N) is 6. The van der Waals surface area contributed by atoms with Crippen LogP contribution in [-0.4, -0.2) is 46.1 Å². The summed E-state index contributed by atoms with van der Waals surface area (Å²) in [6.07, 6.45) is 0. The number of hydrogen-bond donors (Lipinski definition) is 0. The third-order valence-electron chi connectivity index (χ3n) is 4.31. The molecule has 2 aromatic heterocycles. The van der Waals surface area contributed by atoms with E-state index >= 15 is 0 Å². The fraction of sp³-hybridized carbons (Fsp3) is 0.529. The largest absolute Gasteiger partial charge is 0.353 e. The maximum atomic E-state index is 4.65. The van der Waals surface area contributed by atoms with Gasteiger partial charge in [0.15, 0.2) is 0 Å². The van der Waals surface area contributed by atoms with Crippen LogP contribution in [0, 0.1) is 34.6 Å². The molecule has 6 nitrogen and oxygen atoms in total. The van der Waals surface area contributed by atoms with E-state index in [0.717, 1.165) is 60.9 Å². The molecule has 1 aliphatic heterocycles. The quantitative estimate of drug-likeness (QED) is 0.847. The molecule has 1 aliphatic rings. The Bertz CT molecular complexity index is 699. The molecular formula is C17H24N6. The predicted octanol–water partition coefficient (Wildman–Crippen LogP) is 2.14. The van der Waals surface area contributed by atoms with Crippen LogP contribution in [0.1, 0.15) is 28.5 Å². The molecule has 0 N–H and O–H groups in total. The highest BCUT2D eigenvalue weighted by molar-refractivity contribution is 5.50. The molecule has 2 aromatic rings. The van der Waals surface area contributed by atoms with Gasteiger partial charge in [-0.25, -0.2) is 19.9 Å². The molecular weight excluding hydrogens is 288 g/mol. The van der Waals surface area contributed by atoms with E-state index in [1.54, 1.807) is 0 Å². The first-order valence-corrected chi connectivity index (χ1v) is 8.08. The normalized spacial score (nSPS) is 15.2. The molecule has 0 bridgehead atoms. The molecule has 3 heterocycles. The Labute approximate surface area is 137 Å². The summed E-state index contributed by atoms with van der Waals surface area (Å²) in [7, 11) is 0. The average Bonchev–Trinajstić information content (AvgIpc) is 2.50. The highest BCUT2D eigenvalue weighted by Gasteiger charge is 2.22. The van der Waals surface area contributed by atoms with E-state index < -0.39 is 0 Å². The standard InChI is InChI=1S/C17H24N6/c1-11-10-12(2)19-17(18-11)23-8-6-22(7-9-23)16-13(3)14(4)20-15(5)21-16/h10H,6-9H2,1-5H3. The van der Waals surface area contributed by atoms with Gasteiger partial charge in [-0.05, 0) is 40.7 Å². The van der Waals surface area contributed by atoms with Gasteiger partial charge in [-0.2, -0.15) is 0 Å². The number of aromatic nitrogens is 4. The number of rotatable bonds is 2. The Morgan fingerprint density at radius 3 is 1.91 bits per heavy atom. The van der Waals surface area contributed by atoms with Crippen LogP contribution >= 0.6 is 0 Å². The Kier molecular flexibility index (Phi) is 4.15. The van der Waals surface area contributed by atoms with E-state index in [1.165, 1.54) is 5.56 Å². The van der Waals surface area contributed by atoms with E-state index in [-0.39, 0.29) is 0 Å². The second-order valence-electron chi connectivity index (χ2n) is 6.23. The zero-order valence-corrected chi connectivity index (χ0v) is 14.6. The van der Waals surface area contributed by atoms with Crippen molar-refractivity contribution >= 4 is 11.8 Å². The summed E-state index contributed by atoms with van der Waals surface area (Å²) in [6.45, 7) is 13.8. The first-order chi connectivity index (χ1) is 10.9. The molecule has 0 amide bonds. The number of aryl methyl sites for hydroxylation is 4. The van der Waals surface area contributed by atoms with Crippen LogP contribution in [0.2, 0.25) is 0 Å². The molecule has 122 valence electrons. The predicted molar refractivity (Wildman–Crippen MR) is 92.2 cm³/mol. The minimum Gasteiger partial charge on any atom is -0.353 e. The van der Waals surface area contributed by atoms with Crippen LogP contribution in [0.25, 0.3) is 0 Å². The lowest BCUT2D eigenvalue weighted by atomic mass is 10.2. The minimum absolute atomic E-state index is 0.836. The molecule has 0 spiro atoms. The van der Waals surface area contributed by atoms with Gasteiger partial charge in [-0.3, -0.25) is 0 Å². The van der Waals surface area contributed by atoms with Crippen molar-refractivity contribution < 1.29 is 0 Å². The SMILES string of the molecule is Cc1cc(C)nc(N2CCN(c3nc(C)nc(C)c3C)CC2)n1. The molecule has 6 heteroatoms. The molecule has 3 rings (SSSR count). The van der Waals surface area contributed by atoms with Crippen molar-refractivity contribution in [2.45, 2.75) is 34.6 Å². The van der Waals surface area contributed by atoms with Crippen LogP contribution < -0.4 is 9.80 Å². The first-order valence-electron chi connectivity index (χ1n) is 8.08. The zero-order valence-electron chi connectivity index (χ0n) is 14.6. The molecule has 1 fully saturated rings. The Morgan fingerprint density at radius 2 is 1.30 bits per heavy atom. The number of anilines is 2. The second kappa shape index (κ2) is 6.10. The summed E-state index contributed by atoms with van der Waals surface area (Å²) in [5, 5.41) is 0. The summed E-state index contributed by atoms with van der Waals surface area (Å²) in [5.74, 6) is 2.74. The van der Waals surface area contributed by atoms with E-state index in [1.807, 2.05) is 33.8 Å². The summed E-state index contributed by atoms with van der Waals surface area (Å²) >= 11 is 0. The average molecular weight is 312 g/mol. The van der Waals surface area contributed by atoms with Gasteiger partial charge in [-0.1, -0.05) is 0 Å². The number of piperazine rings is 1. The molecule has 0 aromatic carbocycles. The Morgan fingerprint density at radius 1 is 0.739 bits per heavy atom. The maximum absolute atomic E-state index is 4.65. The van der Waals surface area contributed by atoms with Gasteiger partial charge >= 0.3 is 0 Å². The fourth-order valence-electron chi connectivity index (χ4n) is 3.03. The Hall–Kier alpha value is -2.24. The monoisotopic (exact) mass is 312 g/mol. The van der Waals surface area contributed by atoms with Crippen molar-refractivity contribution in [1.82, 2.24) is 19.9 Å². The van der Waals surface area contributed by atoms with E-state index in [4.69, 9.17) is 0 Å². The number of hydrogen-bond acceptors (Lipinski definition) is 6. The summed E-state index contributed by atoms with van der Waals surface area (Å²) in [6, 6.07) is 2.01. The summed E-state index contributed by atoms with van der Waals surface area (Å²) in [4.78, 5) is 22.8. The van der Waals surface area contributed by atoms with Gasteiger partial charge in [0.1, 0.15) is 11.6 Å². The lowest BCUT2D eigenvalue weighted by Crippen LogP contribution is -2.47. The van der Waals surface area contributed by atoms with Crippen molar-refractivity contribution in [1.29, 1.82) is 0 Å². The molecule has 0 unspecified atom stereocenters. The molecule has 1 saturated heterocycles. The third kappa shape index (κ3) is 3.25. The zero-order chi connectivity index (χ0) is 16.6. The van der Waals surface area contributed by atoms with Gasteiger partial charge in [0.25, 0.3) is 0 Å². The lowest BCUT2D eigenvalue weighted by Gasteiger charge is -2.36. The Balaban J connectivity index is 1.76. The fourth-order valence-corrected chi connectivity index (χ4v) is 3.03. The van der Waals surface area contributed by atoms with Crippen LogP contribution in [0.15, 0.2) is 6.07 Å². The highest BCUT2D eigenvalue weighted by atomic mass is 15.3. The molecule has 23 heavy (non-hydrogen) atoms. The van der Waals surface area contributed by atoms with Gasteiger partial charge in [0.2, 0.25) is 5.95 Å².